The summed E-state index contributed by atoms with van der Waals surface area (Å²) in [5.41, 5.74) is 0. The molecule has 3 fully saturated rings. The first kappa shape index (κ1) is 13.9. The molecule has 2 heterocycles. The average molecular weight is 280 g/mol. The second kappa shape index (κ2) is 5.72. The number of carbonyl (C=O) groups is 2. The van der Waals surface area contributed by atoms with E-state index in [1.54, 1.807) is 4.90 Å². The maximum Gasteiger partial charge on any atom is 0.344 e. The predicted molar refractivity (Wildman–Crippen MR) is 74.0 cm³/mol. The second-order valence-corrected chi connectivity index (χ2v) is 6.36. The minimum Gasteiger partial charge on any atom is -0.311 e. The summed E-state index contributed by atoms with van der Waals surface area (Å²) in [7, 11) is 1.53. The summed E-state index contributed by atoms with van der Waals surface area (Å²) in [6.07, 6.45) is 8.50. The van der Waals surface area contributed by atoms with E-state index in [0.717, 1.165) is 12.8 Å². The fourth-order valence-electron chi connectivity index (χ4n) is 4.01. The molecule has 112 valence electrons. The van der Waals surface area contributed by atoms with Crippen molar-refractivity contribution in [3.8, 4) is 0 Å². The van der Waals surface area contributed by atoms with E-state index in [0.29, 0.717) is 18.9 Å². The van der Waals surface area contributed by atoms with Gasteiger partial charge in [-0.25, -0.2) is 4.79 Å². The van der Waals surface area contributed by atoms with Gasteiger partial charge in [0.05, 0.1) is 19.2 Å². The summed E-state index contributed by atoms with van der Waals surface area (Å²) >= 11 is 0. The van der Waals surface area contributed by atoms with Crippen LogP contribution in [0, 0.1) is 5.92 Å². The molecule has 0 spiro atoms. The maximum absolute atomic E-state index is 12.5. The fourth-order valence-corrected chi connectivity index (χ4v) is 4.01. The van der Waals surface area contributed by atoms with Gasteiger partial charge in [0, 0.05) is 13.0 Å². The molecule has 2 amide bonds. The standard InChI is InChI=1S/C15H24N2O3/c1-20-17-12-7-8-13(16(10-12)15(17)19)14(18)9-11-5-3-2-4-6-11/h11-13H,2-10H2,1H3/t12-,13?/m1/s1. The molecule has 0 N–H and O–H groups in total. The molecule has 5 nitrogen and oxygen atoms in total. The van der Waals surface area contributed by atoms with Crippen molar-refractivity contribution >= 4 is 11.8 Å². The summed E-state index contributed by atoms with van der Waals surface area (Å²) in [5.74, 6) is 0.812. The van der Waals surface area contributed by atoms with E-state index in [9.17, 15) is 9.59 Å². The van der Waals surface area contributed by atoms with Crippen molar-refractivity contribution in [3.63, 3.8) is 0 Å². The van der Waals surface area contributed by atoms with Crippen LogP contribution < -0.4 is 0 Å². The Morgan fingerprint density at radius 3 is 2.65 bits per heavy atom. The number of hydrogen-bond acceptors (Lipinski definition) is 3. The zero-order valence-electron chi connectivity index (χ0n) is 12.2. The first-order chi connectivity index (χ1) is 9.70. The van der Waals surface area contributed by atoms with E-state index in [1.807, 2.05) is 0 Å². The van der Waals surface area contributed by atoms with Crippen LogP contribution in [0.4, 0.5) is 4.79 Å². The molecule has 1 saturated carbocycles. The molecule has 0 aromatic heterocycles. The van der Waals surface area contributed by atoms with Crippen molar-refractivity contribution < 1.29 is 14.4 Å². The molecule has 3 rings (SSSR count). The van der Waals surface area contributed by atoms with Crippen molar-refractivity contribution in [2.24, 2.45) is 5.92 Å². The lowest BCUT2D eigenvalue weighted by Crippen LogP contribution is -2.45. The van der Waals surface area contributed by atoms with Crippen LogP contribution in [-0.4, -0.2) is 47.5 Å². The highest BCUT2D eigenvalue weighted by Gasteiger charge is 2.47. The van der Waals surface area contributed by atoms with Crippen molar-refractivity contribution in [1.82, 2.24) is 9.96 Å². The Balaban J connectivity index is 1.62. The first-order valence-electron chi connectivity index (χ1n) is 7.87. The quantitative estimate of drug-likeness (QED) is 0.794. The number of hydroxylamine groups is 2. The van der Waals surface area contributed by atoms with Crippen LogP contribution >= 0.6 is 0 Å². The Labute approximate surface area is 120 Å². The van der Waals surface area contributed by atoms with Gasteiger partial charge in [0.25, 0.3) is 0 Å². The predicted octanol–water partition coefficient (Wildman–Crippen LogP) is 2.36. The molecule has 20 heavy (non-hydrogen) atoms. The minimum atomic E-state index is -0.208. The highest BCUT2D eigenvalue weighted by atomic mass is 16.7. The third-order valence-electron chi connectivity index (χ3n) is 5.11. The number of urea groups is 1. The molecule has 2 saturated heterocycles. The molecule has 0 aromatic rings. The zero-order valence-corrected chi connectivity index (χ0v) is 12.2. The summed E-state index contributed by atoms with van der Waals surface area (Å²) in [5, 5.41) is 1.44. The van der Waals surface area contributed by atoms with Crippen LogP contribution in [0.5, 0.6) is 0 Å². The Morgan fingerprint density at radius 1 is 1.20 bits per heavy atom. The van der Waals surface area contributed by atoms with Crippen molar-refractivity contribution in [3.05, 3.63) is 0 Å². The summed E-state index contributed by atoms with van der Waals surface area (Å²) < 4.78 is 0. The molecule has 5 heteroatoms. The van der Waals surface area contributed by atoms with Crippen LogP contribution in [-0.2, 0) is 9.63 Å². The number of amides is 2. The van der Waals surface area contributed by atoms with E-state index in [2.05, 4.69) is 0 Å². The first-order valence-corrected chi connectivity index (χ1v) is 7.87. The Morgan fingerprint density at radius 2 is 1.95 bits per heavy atom. The normalized spacial score (nSPS) is 30.9. The Kier molecular flexibility index (Phi) is 3.96. The molecular formula is C15H24N2O3. The molecule has 0 radical (unpaired) electrons. The topological polar surface area (TPSA) is 49.9 Å². The van der Waals surface area contributed by atoms with Gasteiger partial charge in [-0.2, -0.15) is 5.06 Å². The lowest BCUT2D eigenvalue weighted by molar-refractivity contribution is -0.125. The van der Waals surface area contributed by atoms with Crippen LogP contribution in [0.25, 0.3) is 0 Å². The number of carbonyl (C=O) groups excluding carboxylic acids is 2. The van der Waals surface area contributed by atoms with E-state index < -0.39 is 0 Å². The zero-order chi connectivity index (χ0) is 14.1. The summed E-state index contributed by atoms with van der Waals surface area (Å²) in [4.78, 5) is 31.6. The molecule has 1 unspecified atom stereocenters. The monoisotopic (exact) mass is 280 g/mol. The molecule has 2 atom stereocenters. The van der Waals surface area contributed by atoms with Gasteiger partial charge < -0.3 is 4.90 Å². The van der Waals surface area contributed by atoms with Gasteiger partial charge in [0.1, 0.15) is 0 Å². The van der Waals surface area contributed by atoms with Crippen LogP contribution in [0.15, 0.2) is 0 Å². The van der Waals surface area contributed by atoms with Gasteiger partial charge >= 0.3 is 6.03 Å². The number of hydrogen-bond donors (Lipinski definition) is 0. The summed E-state index contributed by atoms with van der Waals surface area (Å²) in [6.45, 7) is 0.647. The van der Waals surface area contributed by atoms with Crippen LogP contribution in [0.1, 0.15) is 51.4 Å². The third-order valence-corrected chi connectivity index (χ3v) is 5.11. The van der Waals surface area contributed by atoms with E-state index in [4.69, 9.17) is 4.84 Å². The number of fused-ring (bicyclic) bond motifs is 2. The number of rotatable bonds is 4. The van der Waals surface area contributed by atoms with E-state index in [-0.39, 0.29) is 23.9 Å². The van der Waals surface area contributed by atoms with Crippen molar-refractivity contribution in [2.45, 2.75) is 63.5 Å². The van der Waals surface area contributed by atoms with Gasteiger partial charge in [0.2, 0.25) is 0 Å². The smallest absolute Gasteiger partial charge is 0.311 e. The average Bonchev–Trinajstić information content (AvgIpc) is 2.71. The number of piperidine rings is 1. The van der Waals surface area contributed by atoms with Gasteiger partial charge in [-0.15, -0.1) is 0 Å². The Bertz CT molecular complexity index is 393. The maximum atomic E-state index is 12.5. The molecular weight excluding hydrogens is 256 g/mol. The van der Waals surface area contributed by atoms with E-state index in [1.165, 1.54) is 44.3 Å². The molecule has 0 aromatic carbocycles. The Hall–Kier alpha value is -1.10. The van der Waals surface area contributed by atoms with Crippen LogP contribution in [0.2, 0.25) is 0 Å². The number of nitrogens with zero attached hydrogens (tertiary/aromatic N) is 2. The molecule has 3 aliphatic rings. The molecule has 2 bridgehead atoms. The number of ketones is 1. The largest absolute Gasteiger partial charge is 0.344 e. The molecule has 2 aliphatic heterocycles. The van der Waals surface area contributed by atoms with Crippen molar-refractivity contribution in [1.29, 1.82) is 0 Å². The fraction of sp³-hybridized carbons (Fsp3) is 0.867. The second-order valence-electron chi connectivity index (χ2n) is 6.36. The van der Waals surface area contributed by atoms with Gasteiger partial charge in [-0.05, 0) is 18.8 Å². The highest BCUT2D eigenvalue weighted by molar-refractivity contribution is 5.90. The lowest BCUT2D eigenvalue weighted by Gasteiger charge is -2.31. The highest BCUT2D eigenvalue weighted by Crippen LogP contribution is 2.33. The van der Waals surface area contributed by atoms with Gasteiger partial charge in [0.15, 0.2) is 5.78 Å². The van der Waals surface area contributed by atoms with Gasteiger partial charge in [-0.1, -0.05) is 32.1 Å². The number of Topliss-reactive ketones (excluding diaryl/α,β-unsaturated/α-hetero) is 1. The van der Waals surface area contributed by atoms with Crippen molar-refractivity contribution in [2.75, 3.05) is 13.7 Å². The minimum absolute atomic E-state index is 0.128. The van der Waals surface area contributed by atoms with Crippen LogP contribution in [0.3, 0.4) is 0 Å². The van der Waals surface area contributed by atoms with E-state index >= 15 is 0 Å². The third kappa shape index (κ3) is 2.43. The SMILES string of the molecule is CON1C(=O)N2C[C@H]1CCC2C(=O)CC1CCCCC1. The lowest BCUT2D eigenvalue weighted by atomic mass is 9.83. The summed E-state index contributed by atoms with van der Waals surface area (Å²) in [6, 6.07) is -0.205. The van der Waals surface area contributed by atoms with Gasteiger partial charge in [-0.3, -0.25) is 9.63 Å². The molecule has 1 aliphatic carbocycles.